The van der Waals surface area contributed by atoms with Gasteiger partial charge in [0.2, 0.25) is 0 Å². The largest absolute Gasteiger partial charge is 0.274 e. The highest BCUT2D eigenvalue weighted by Crippen LogP contribution is 2.40. The van der Waals surface area contributed by atoms with E-state index in [0.29, 0.717) is 17.7 Å². The Hall–Kier alpha value is -2.98. The maximum Gasteiger partial charge on any atom is 0.261 e. The summed E-state index contributed by atoms with van der Waals surface area (Å²) in [6.07, 6.45) is 4.15. The molecule has 0 bridgehead atoms. The molecule has 2 amide bonds. The first-order chi connectivity index (χ1) is 14.7. The summed E-state index contributed by atoms with van der Waals surface area (Å²) in [5, 5.41) is 2.99. The van der Waals surface area contributed by atoms with Gasteiger partial charge >= 0.3 is 0 Å². The van der Waals surface area contributed by atoms with Crippen LogP contribution in [0.1, 0.15) is 53.3 Å². The molecule has 1 aromatic heterocycles. The topological polar surface area (TPSA) is 37.4 Å². The van der Waals surface area contributed by atoms with Crippen LogP contribution >= 0.6 is 11.3 Å². The lowest BCUT2D eigenvalue weighted by Crippen LogP contribution is -2.40. The number of thiophene rings is 1. The SMILES string of the molecule is CCCCCCN1C(=O)c2cccc3c(-c4cc5ccccc5s4)ccc(c23)C1=O. The molecule has 0 spiro atoms. The lowest BCUT2D eigenvalue weighted by molar-refractivity contribution is 0.0608. The summed E-state index contributed by atoms with van der Waals surface area (Å²) in [5.74, 6) is -0.328. The minimum atomic E-state index is -0.164. The maximum absolute atomic E-state index is 13.2. The zero-order valence-corrected chi connectivity index (χ0v) is 17.8. The van der Waals surface area contributed by atoms with Gasteiger partial charge in [-0.15, -0.1) is 11.3 Å². The van der Waals surface area contributed by atoms with Crippen molar-refractivity contribution < 1.29 is 9.59 Å². The molecule has 0 radical (unpaired) electrons. The van der Waals surface area contributed by atoms with Gasteiger partial charge < -0.3 is 0 Å². The summed E-state index contributed by atoms with van der Waals surface area (Å²) in [6.45, 7) is 2.65. The Balaban J connectivity index is 1.60. The number of carbonyl (C=O) groups excluding carboxylic acids is 2. The first-order valence-corrected chi connectivity index (χ1v) is 11.4. The molecule has 0 saturated heterocycles. The Morgan fingerprint density at radius 3 is 2.37 bits per heavy atom. The smallest absolute Gasteiger partial charge is 0.261 e. The van der Waals surface area contributed by atoms with Crippen LogP contribution < -0.4 is 0 Å². The molecule has 4 heteroatoms. The van der Waals surface area contributed by atoms with Gasteiger partial charge in [0, 0.05) is 32.6 Å². The van der Waals surface area contributed by atoms with E-state index in [2.05, 4.69) is 25.1 Å². The van der Waals surface area contributed by atoms with Crippen molar-refractivity contribution in [2.24, 2.45) is 0 Å². The molecule has 2 heterocycles. The first-order valence-electron chi connectivity index (χ1n) is 10.6. The molecule has 150 valence electrons. The number of hydrogen-bond acceptors (Lipinski definition) is 3. The molecule has 4 aromatic rings. The molecule has 0 N–H and O–H groups in total. The predicted octanol–water partition coefficient (Wildman–Crippen LogP) is 6.90. The Labute approximate surface area is 179 Å². The summed E-state index contributed by atoms with van der Waals surface area (Å²) in [6, 6.07) is 20.3. The molecule has 0 unspecified atom stereocenters. The third-order valence-corrected chi connectivity index (χ3v) is 7.07. The number of fused-ring (bicyclic) bond motifs is 1. The van der Waals surface area contributed by atoms with E-state index in [1.165, 1.54) is 15.0 Å². The highest BCUT2D eigenvalue weighted by molar-refractivity contribution is 7.22. The summed E-state index contributed by atoms with van der Waals surface area (Å²) in [7, 11) is 0. The van der Waals surface area contributed by atoms with E-state index in [9.17, 15) is 9.59 Å². The highest BCUT2D eigenvalue weighted by atomic mass is 32.1. The fourth-order valence-electron chi connectivity index (χ4n) is 4.38. The zero-order chi connectivity index (χ0) is 20.7. The molecule has 3 nitrogen and oxygen atoms in total. The van der Waals surface area contributed by atoms with Crippen LogP contribution in [0, 0.1) is 0 Å². The molecule has 1 aliphatic heterocycles. The van der Waals surface area contributed by atoms with Crippen LogP contribution in [-0.2, 0) is 0 Å². The Kier molecular flexibility index (Phi) is 4.87. The molecule has 0 atom stereocenters. The van der Waals surface area contributed by atoms with E-state index in [1.54, 1.807) is 11.3 Å². The lowest BCUT2D eigenvalue weighted by atomic mass is 9.90. The van der Waals surface area contributed by atoms with Gasteiger partial charge in [-0.25, -0.2) is 0 Å². The number of amides is 2. The van der Waals surface area contributed by atoms with Crippen molar-refractivity contribution in [3.8, 4) is 10.4 Å². The van der Waals surface area contributed by atoms with Gasteiger partial charge in [-0.1, -0.05) is 62.6 Å². The Morgan fingerprint density at radius 1 is 0.800 bits per heavy atom. The normalized spacial score (nSPS) is 13.6. The Morgan fingerprint density at radius 2 is 1.57 bits per heavy atom. The van der Waals surface area contributed by atoms with Crippen LogP contribution in [0.15, 0.2) is 60.7 Å². The highest BCUT2D eigenvalue weighted by Gasteiger charge is 2.33. The van der Waals surface area contributed by atoms with Gasteiger partial charge in [0.05, 0.1) is 0 Å². The van der Waals surface area contributed by atoms with E-state index in [1.807, 2.05) is 42.5 Å². The van der Waals surface area contributed by atoms with Crippen LogP contribution in [0.4, 0.5) is 0 Å². The van der Waals surface area contributed by atoms with Gasteiger partial charge in [0.25, 0.3) is 11.8 Å². The van der Waals surface area contributed by atoms with E-state index < -0.39 is 0 Å². The summed E-state index contributed by atoms with van der Waals surface area (Å²) in [5.41, 5.74) is 2.36. The number of carbonyl (C=O) groups is 2. The number of unbranched alkanes of at least 4 members (excludes halogenated alkanes) is 3. The number of rotatable bonds is 6. The standard InChI is InChI=1S/C26H23NO2S/c1-2-3-4-7-15-27-25(28)20-11-8-10-19-18(13-14-21(24(19)20)26(27)29)23-16-17-9-5-6-12-22(17)30-23/h5-6,8-14,16H,2-4,7,15H2,1H3. The summed E-state index contributed by atoms with van der Waals surface area (Å²) in [4.78, 5) is 28.9. The molecule has 0 saturated carbocycles. The number of nitrogens with zero attached hydrogens (tertiary/aromatic N) is 1. The first kappa shape index (κ1) is 19.0. The molecule has 0 aliphatic carbocycles. The molecular weight excluding hydrogens is 390 g/mol. The lowest BCUT2D eigenvalue weighted by Gasteiger charge is -2.27. The maximum atomic E-state index is 13.2. The molecule has 3 aromatic carbocycles. The van der Waals surface area contributed by atoms with Gasteiger partial charge in [-0.2, -0.15) is 0 Å². The van der Waals surface area contributed by atoms with Crippen molar-refractivity contribution >= 4 is 44.0 Å². The van der Waals surface area contributed by atoms with Crippen LogP contribution in [0.3, 0.4) is 0 Å². The van der Waals surface area contributed by atoms with Crippen molar-refractivity contribution in [3.05, 3.63) is 71.8 Å². The van der Waals surface area contributed by atoms with E-state index in [-0.39, 0.29) is 11.8 Å². The monoisotopic (exact) mass is 413 g/mol. The van der Waals surface area contributed by atoms with Crippen LogP contribution in [-0.4, -0.2) is 23.3 Å². The summed E-state index contributed by atoms with van der Waals surface area (Å²) >= 11 is 1.74. The third-order valence-electron chi connectivity index (χ3n) is 5.92. The number of imide groups is 1. The van der Waals surface area contributed by atoms with Crippen molar-refractivity contribution in [1.82, 2.24) is 4.90 Å². The van der Waals surface area contributed by atoms with Gasteiger partial charge in [-0.05, 0) is 47.0 Å². The summed E-state index contributed by atoms with van der Waals surface area (Å²) < 4.78 is 1.23. The van der Waals surface area contributed by atoms with Crippen LogP contribution in [0.25, 0.3) is 31.3 Å². The Bertz CT molecular complexity index is 1230. The second-order valence-electron chi connectivity index (χ2n) is 7.86. The fourth-order valence-corrected chi connectivity index (χ4v) is 5.48. The van der Waals surface area contributed by atoms with Crippen molar-refractivity contribution in [2.75, 3.05) is 6.54 Å². The van der Waals surface area contributed by atoms with Gasteiger partial charge in [0.1, 0.15) is 0 Å². The average Bonchev–Trinajstić information content (AvgIpc) is 3.20. The molecule has 30 heavy (non-hydrogen) atoms. The quantitative estimate of drug-likeness (QED) is 0.255. The third kappa shape index (κ3) is 3.03. The van der Waals surface area contributed by atoms with E-state index in [0.717, 1.165) is 46.9 Å². The van der Waals surface area contributed by atoms with E-state index >= 15 is 0 Å². The fraction of sp³-hybridized carbons (Fsp3) is 0.231. The minimum Gasteiger partial charge on any atom is -0.274 e. The average molecular weight is 414 g/mol. The predicted molar refractivity (Wildman–Crippen MR) is 124 cm³/mol. The van der Waals surface area contributed by atoms with Crippen molar-refractivity contribution in [1.29, 1.82) is 0 Å². The number of hydrogen-bond donors (Lipinski definition) is 0. The van der Waals surface area contributed by atoms with E-state index in [4.69, 9.17) is 0 Å². The molecule has 0 fully saturated rings. The van der Waals surface area contributed by atoms with Crippen LogP contribution in [0.5, 0.6) is 0 Å². The molecular formula is C26H23NO2S. The van der Waals surface area contributed by atoms with Gasteiger partial charge in [-0.3, -0.25) is 14.5 Å². The molecule has 5 rings (SSSR count). The minimum absolute atomic E-state index is 0.164. The second kappa shape index (κ2) is 7.69. The zero-order valence-electron chi connectivity index (χ0n) is 17.0. The van der Waals surface area contributed by atoms with Crippen molar-refractivity contribution in [3.63, 3.8) is 0 Å². The van der Waals surface area contributed by atoms with Gasteiger partial charge in [0.15, 0.2) is 0 Å². The molecule has 1 aliphatic rings. The second-order valence-corrected chi connectivity index (χ2v) is 8.94. The number of benzene rings is 3. The van der Waals surface area contributed by atoms with Crippen LogP contribution in [0.2, 0.25) is 0 Å². The van der Waals surface area contributed by atoms with Crippen molar-refractivity contribution in [2.45, 2.75) is 32.6 Å².